The number of nitrogens with zero attached hydrogens (tertiary/aromatic N) is 2. The van der Waals surface area contributed by atoms with Crippen molar-refractivity contribution in [3.63, 3.8) is 0 Å². The Morgan fingerprint density at radius 3 is 2.66 bits per heavy atom. The first kappa shape index (κ1) is 19.3. The molecule has 5 nitrogen and oxygen atoms in total. The maximum Gasteiger partial charge on any atom is 0.237 e. The maximum absolute atomic E-state index is 13.3. The number of anilines is 1. The smallest absolute Gasteiger partial charge is 0.237 e. The van der Waals surface area contributed by atoms with E-state index in [1.165, 1.54) is 12.1 Å². The molecule has 2 aliphatic rings. The summed E-state index contributed by atoms with van der Waals surface area (Å²) >= 11 is 0. The predicted octanol–water partition coefficient (Wildman–Crippen LogP) is 2.76. The molecule has 3 atom stereocenters. The molecule has 0 aromatic heterocycles. The van der Waals surface area contributed by atoms with Crippen LogP contribution in [-0.2, 0) is 4.79 Å². The highest BCUT2D eigenvalue weighted by Crippen LogP contribution is 2.29. The summed E-state index contributed by atoms with van der Waals surface area (Å²) in [6, 6.07) is 13.5. The van der Waals surface area contributed by atoms with Crippen LogP contribution in [0.15, 0.2) is 42.5 Å². The quantitative estimate of drug-likeness (QED) is 0.834. The van der Waals surface area contributed by atoms with Crippen LogP contribution in [0.25, 0.3) is 11.1 Å². The molecule has 0 aliphatic carbocycles. The predicted molar refractivity (Wildman–Crippen MR) is 107 cm³/mol. The first-order valence-corrected chi connectivity index (χ1v) is 9.76. The monoisotopic (exact) mass is 396 g/mol. The van der Waals surface area contributed by atoms with Crippen molar-refractivity contribution in [2.75, 3.05) is 24.5 Å². The van der Waals surface area contributed by atoms with E-state index in [0.717, 1.165) is 29.8 Å². The third kappa shape index (κ3) is 4.22. The third-order valence-corrected chi connectivity index (χ3v) is 5.56. The van der Waals surface area contributed by atoms with Crippen molar-refractivity contribution in [2.45, 2.75) is 31.1 Å². The van der Waals surface area contributed by atoms with Crippen LogP contribution < -0.4 is 15.5 Å². The van der Waals surface area contributed by atoms with Crippen molar-refractivity contribution >= 4 is 11.6 Å². The highest BCUT2D eigenvalue weighted by Gasteiger charge is 2.32. The molecule has 2 heterocycles. The second-order valence-electron chi connectivity index (χ2n) is 7.58. The van der Waals surface area contributed by atoms with Crippen molar-refractivity contribution in [1.82, 2.24) is 10.6 Å². The number of carbonyl (C=O) groups excluding carboxylic acids is 1. The molecule has 0 spiro atoms. The second kappa shape index (κ2) is 8.18. The summed E-state index contributed by atoms with van der Waals surface area (Å²) in [6.45, 7) is 1.54. The lowest BCUT2D eigenvalue weighted by Crippen LogP contribution is -2.46. The lowest BCUT2D eigenvalue weighted by Gasteiger charge is -2.21. The number of rotatable bonds is 4. The van der Waals surface area contributed by atoms with Crippen LogP contribution in [-0.4, -0.2) is 43.8 Å². The molecule has 0 bridgehead atoms. The lowest BCUT2D eigenvalue weighted by molar-refractivity contribution is -0.123. The van der Waals surface area contributed by atoms with Gasteiger partial charge in [-0.05, 0) is 41.8 Å². The molecule has 2 fully saturated rings. The summed E-state index contributed by atoms with van der Waals surface area (Å²) in [6.07, 6.45) is 0.0111. The number of benzene rings is 2. The van der Waals surface area contributed by atoms with Gasteiger partial charge in [0.1, 0.15) is 18.1 Å². The molecule has 150 valence electrons. The normalized spacial score (nSPS) is 23.8. The van der Waals surface area contributed by atoms with Gasteiger partial charge < -0.3 is 15.5 Å². The number of halogens is 2. The molecule has 1 amide bonds. The average Bonchev–Trinajstić information content (AvgIpc) is 3.37. The summed E-state index contributed by atoms with van der Waals surface area (Å²) in [5.41, 5.74) is 3.05. The largest absolute Gasteiger partial charge is 0.368 e. The third-order valence-electron chi connectivity index (χ3n) is 5.56. The van der Waals surface area contributed by atoms with Gasteiger partial charge in [0.2, 0.25) is 5.91 Å². The number of alkyl halides is 1. The van der Waals surface area contributed by atoms with Crippen LogP contribution in [0.4, 0.5) is 14.5 Å². The Morgan fingerprint density at radius 1 is 1.21 bits per heavy atom. The summed E-state index contributed by atoms with van der Waals surface area (Å²) < 4.78 is 26.4. The first-order chi connectivity index (χ1) is 14.0. The fourth-order valence-corrected chi connectivity index (χ4v) is 4.01. The Kier molecular flexibility index (Phi) is 5.45. The van der Waals surface area contributed by atoms with Gasteiger partial charge >= 0.3 is 0 Å². The van der Waals surface area contributed by atoms with E-state index in [9.17, 15) is 18.8 Å². The Balaban J connectivity index is 1.44. The van der Waals surface area contributed by atoms with Gasteiger partial charge in [0.25, 0.3) is 0 Å². The molecule has 7 heteroatoms. The van der Waals surface area contributed by atoms with Gasteiger partial charge in [-0.15, -0.1) is 0 Å². The molecule has 0 radical (unpaired) electrons. The zero-order valence-electron chi connectivity index (χ0n) is 15.9. The average molecular weight is 396 g/mol. The van der Waals surface area contributed by atoms with Gasteiger partial charge in [-0.1, -0.05) is 18.2 Å². The Hall–Kier alpha value is -2.98. The first-order valence-electron chi connectivity index (χ1n) is 9.76. The zero-order valence-corrected chi connectivity index (χ0v) is 15.9. The number of hydrogen-bond acceptors (Lipinski definition) is 4. The van der Waals surface area contributed by atoms with Crippen molar-refractivity contribution in [1.29, 1.82) is 5.26 Å². The van der Waals surface area contributed by atoms with Gasteiger partial charge in [0.15, 0.2) is 0 Å². The molecule has 2 aromatic rings. The van der Waals surface area contributed by atoms with E-state index in [0.29, 0.717) is 12.1 Å². The standard InChI is InChI=1S/C22H22F2N4O/c23-17-4-1-14(2-5-17)15-3-6-21(16(9-15)11-25)28-8-7-19(13-28)27-22(29)20-10-18(24)12-26-20/h1-6,9,18-20,26H,7-8,10,12-13H2,(H,27,29). The fraction of sp³-hybridized carbons (Fsp3) is 0.364. The van der Waals surface area contributed by atoms with Gasteiger partial charge in [-0.2, -0.15) is 5.26 Å². The summed E-state index contributed by atoms with van der Waals surface area (Å²) in [7, 11) is 0. The van der Waals surface area contributed by atoms with E-state index in [4.69, 9.17) is 0 Å². The lowest BCUT2D eigenvalue weighted by atomic mass is 10.0. The van der Waals surface area contributed by atoms with Crippen LogP contribution in [0, 0.1) is 17.1 Å². The summed E-state index contributed by atoms with van der Waals surface area (Å²) in [5, 5.41) is 15.5. The zero-order chi connectivity index (χ0) is 20.4. The summed E-state index contributed by atoms with van der Waals surface area (Å²) in [4.78, 5) is 14.4. The molecular weight excluding hydrogens is 374 g/mol. The van der Waals surface area contributed by atoms with E-state index in [2.05, 4.69) is 21.6 Å². The molecule has 2 saturated heterocycles. The molecular formula is C22H22F2N4O. The number of nitrogens with one attached hydrogen (secondary N) is 2. The van der Waals surface area contributed by atoms with Crippen LogP contribution >= 0.6 is 0 Å². The molecule has 29 heavy (non-hydrogen) atoms. The van der Waals surface area contributed by atoms with Crippen molar-refractivity contribution < 1.29 is 13.6 Å². The van der Waals surface area contributed by atoms with Crippen molar-refractivity contribution in [3.05, 3.63) is 53.8 Å². The van der Waals surface area contributed by atoms with Gasteiger partial charge in [-0.3, -0.25) is 4.79 Å². The highest BCUT2D eigenvalue weighted by molar-refractivity contribution is 5.82. The number of hydrogen-bond donors (Lipinski definition) is 2. The van der Waals surface area contributed by atoms with Crippen LogP contribution in [0.2, 0.25) is 0 Å². The second-order valence-corrected chi connectivity index (χ2v) is 7.58. The van der Waals surface area contributed by atoms with Crippen molar-refractivity contribution in [3.8, 4) is 17.2 Å². The molecule has 2 N–H and O–H groups in total. The van der Waals surface area contributed by atoms with E-state index >= 15 is 0 Å². The summed E-state index contributed by atoms with van der Waals surface area (Å²) in [5.74, 6) is -0.463. The van der Waals surface area contributed by atoms with Crippen LogP contribution in [0.3, 0.4) is 0 Å². The maximum atomic E-state index is 13.3. The van der Waals surface area contributed by atoms with Gasteiger partial charge in [0.05, 0.1) is 17.3 Å². The number of nitriles is 1. The minimum Gasteiger partial charge on any atom is -0.368 e. The fourth-order valence-electron chi connectivity index (χ4n) is 4.01. The molecule has 2 aliphatic heterocycles. The Bertz CT molecular complexity index is 941. The minimum absolute atomic E-state index is 0.0359. The van der Waals surface area contributed by atoms with Gasteiger partial charge in [-0.25, -0.2) is 8.78 Å². The van der Waals surface area contributed by atoms with E-state index < -0.39 is 12.2 Å². The topological polar surface area (TPSA) is 68.2 Å². The van der Waals surface area contributed by atoms with Crippen LogP contribution in [0.1, 0.15) is 18.4 Å². The highest BCUT2D eigenvalue weighted by atomic mass is 19.1. The van der Waals surface area contributed by atoms with Crippen LogP contribution in [0.5, 0.6) is 0 Å². The van der Waals surface area contributed by atoms with E-state index in [-0.39, 0.29) is 30.7 Å². The number of carbonyl (C=O) groups is 1. The Morgan fingerprint density at radius 2 is 1.97 bits per heavy atom. The number of amides is 1. The van der Waals surface area contributed by atoms with E-state index in [1.807, 2.05) is 12.1 Å². The molecule has 3 unspecified atom stereocenters. The molecule has 4 rings (SSSR count). The molecule has 0 saturated carbocycles. The molecule has 2 aromatic carbocycles. The van der Waals surface area contributed by atoms with Gasteiger partial charge in [0, 0.05) is 32.1 Å². The Labute approximate surface area is 168 Å². The SMILES string of the molecule is N#Cc1cc(-c2ccc(F)cc2)ccc1N1CCC(NC(=O)C2CC(F)CN2)C1. The minimum atomic E-state index is -0.969. The van der Waals surface area contributed by atoms with Crippen molar-refractivity contribution in [2.24, 2.45) is 0 Å². The van der Waals surface area contributed by atoms with E-state index in [1.54, 1.807) is 18.2 Å².